The van der Waals surface area contributed by atoms with Crippen LogP contribution in [0.25, 0.3) is 0 Å². The first kappa shape index (κ1) is 13.9. The molecule has 0 saturated carbocycles. The maximum absolute atomic E-state index is 12.3. The zero-order chi connectivity index (χ0) is 13.7. The molecule has 0 spiro atoms. The summed E-state index contributed by atoms with van der Waals surface area (Å²) in [5.74, 6) is 0.340. The highest BCUT2D eigenvalue weighted by Gasteiger charge is 2.14. The molecule has 1 atom stereocenters. The van der Waals surface area contributed by atoms with Crippen molar-refractivity contribution in [1.29, 1.82) is 0 Å². The fourth-order valence-corrected chi connectivity index (χ4v) is 2.15. The van der Waals surface area contributed by atoms with E-state index in [1.165, 1.54) is 19.6 Å². The quantitative estimate of drug-likeness (QED) is 0.835. The number of anilines is 1. The summed E-state index contributed by atoms with van der Waals surface area (Å²) in [5, 5.41) is 6.57. The van der Waals surface area contributed by atoms with Gasteiger partial charge in [0.15, 0.2) is 11.5 Å². The maximum atomic E-state index is 12.3. The van der Waals surface area contributed by atoms with E-state index in [1.807, 2.05) is 0 Å². The van der Waals surface area contributed by atoms with Crippen LogP contribution in [0.2, 0.25) is 0 Å². The van der Waals surface area contributed by atoms with Crippen molar-refractivity contribution >= 4 is 5.69 Å². The number of nitrogens with one attached hydrogen (secondary N) is 2. The number of halogens is 2. The lowest BCUT2D eigenvalue weighted by atomic mass is 10.2. The zero-order valence-electron chi connectivity index (χ0n) is 10.8. The van der Waals surface area contributed by atoms with Gasteiger partial charge in [-0.25, -0.2) is 0 Å². The molecule has 0 aliphatic carbocycles. The summed E-state index contributed by atoms with van der Waals surface area (Å²) in [4.78, 5) is 0. The van der Waals surface area contributed by atoms with Gasteiger partial charge in [-0.15, -0.1) is 0 Å². The summed E-state index contributed by atoms with van der Waals surface area (Å²) in [6.45, 7) is -1.06. The minimum absolute atomic E-state index is 0.0434. The van der Waals surface area contributed by atoms with Gasteiger partial charge in [0.2, 0.25) is 0 Å². The highest BCUT2D eigenvalue weighted by Crippen LogP contribution is 2.31. The van der Waals surface area contributed by atoms with Crippen molar-refractivity contribution < 1.29 is 18.3 Å². The summed E-state index contributed by atoms with van der Waals surface area (Å²) in [7, 11) is 1.42. The Labute approximate surface area is 111 Å². The number of methoxy groups -OCH3 is 1. The standard InChI is InChI=1S/C13H18F2N2O2/c1-18-11-5-4-9(7-12(11)19-13(14)15)17-8-10-3-2-6-16-10/h4-5,7,10,13,16-17H,2-3,6,8H2,1H3. The summed E-state index contributed by atoms with van der Waals surface area (Å²) in [6.07, 6.45) is 2.30. The van der Waals surface area contributed by atoms with Crippen molar-refractivity contribution in [2.75, 3.05) is 25.5 Å². The van der Waals surface area contributed by atoms with E-state index in [2.05, 4.69) is 15.4 Å². The molecule has 1 aliphatic heterocycles. The average Bonchev–Trinajstić information content (AvgIpc) is 2.89. The summed E-state index contributed by atoms with van der Waals surface area (Å²) < 4.78 is 34.0. The molecule has 0 aromatic heterocycles. The molecule has 0 radical (unpaired) electrons. The van der Waals surface area contributed by atoms with Crippen LogP contribution in [0, 0.1) is 0 Å². The molecule has 0 amide bonds. The lowest BCUT2D eigenvalue weighted by Crippen LogP contribution is -2.29. The second-order valence-electron chi connectivity index (χ2n) is 4.42. The maximum Gasteiger partial charge on any atom is 0.387 e. The van der Waals surface area contributed by atoms with E-state index in [9.17, 15) is 8.78 Å². The third kappa shape index (κ3) is 3.96. The molecule has 0 bridgehead atoms. The van der Waals surface area contributed by atoms with Crippen molar-refractivity contribution in [2.24, 2.45) is 0 Å². The molecule has 1 heterocycles. The van der Waals surface area contributed by atoms with E-state index < -0.39 is 6.61 Å². The van der Waals surface area contributed by atoms with Gasteiger partial charge < -0.3 is 20.1 Å². The van der Waals surface area contributed by atoms with Gasteiger partial charge in [0.1, 0.15) is 0 Å². The van der Waals surface area contributed by atoms with Crippen LogP contribution >= 0.6 is 0 Å². The molecule has 4 nitrogen and oxygen atoms in total. The van der Waals surface area contributed by atoms with Gasteiger partial charge in [0.05, 0.1) is 7.11 Å². The van der Waals surface area contributed by atoms with Crippen LogP contribution in [0.1, 0.15) is 12.8 Å². The Hall–Kier alpha value is -1.56. The van der Waals surface area contributed by atoms with Crippen LogP contribution in [0.15, 0.2) is 18.2 Å². The van der Waals surface area contributed by atoms with Crippen LogP contribution in [0.3, 0.4) is 0 Å². The Morgan fingerprint density at radius 3 is 2.89 bits per heavy atom. The number of ether oxygens (including phenoxy) is 2. The lowest BCUT2D eigenvalue weighted by molar-refractivity contribution is -0.0511. The van der Waals surface area contributed by atoms with Gasteiger partial charge in [-0.2, -0.15) is 8.78 Å². The molecule has 2 rings (SSSR count). The van der Waals surface area contributed by atoms with E-state index in [-0.39, 0.29) is 5.75 Å². The number of hydrogen-bond acceptors (Lipinski definition) is 4. The van der Waals surface area contributed by atoms with Crippen molar-refractivity contribution in [3.8, 4) is 11.5 Å². The van der Waals surface area contributed by atoms with Crippen LogP contribution in [-0.2, 0) is 0 Å². The summed E-state index contributed by atoms with van der Waals surface area (Å²) >= 11 is 0. The third-order valence-corrected chi connectivity index (χ3v) is 3.09. The molecule has 1 aromatic carbocycles. The van der Waals surface area contributed by atoms with Crippen molar-refractivity contribution in [3.63, 3.8) is 0 Å². The highest BCUT2D eigenvalue weighted by atomic mass is 19.3. The van der Waals surface area contributed by atoms with Crippen LogP contribution in [-0.4, -0.2) is 32.9 Å². The van der Waals surface area contributed by atoms with Gasteiger partial charge in [0, 0.05) is 24.3 Å². The molecular weight excluding hydrogens is 254 g/mol. The van der Waals surface area contributed by atoms with Crippen molar-refractivity contribution in [1.82, 2.24) is 5.32 Å². The minimum atomic E-state index is -2.86. The number of hydrogen-bond donors (Lipinski definition) is 2. The van der Waals surface area contributed by atoms with Gasteiger partial charge in [-0.05, 0) is 31.5 Å². The number of rotatable bonds is 6. The number of alkyl halides is 2. The Kier molecular flexibility index (Phi) is 4.79. The second kappa shape index (κ2) is 6.56. The molecule has 1 aliphatic rings. The van der Waals surface area contributed by atoms with E-state index in [0.29, 0.717) is 11.8 Å². The average molecular weight is 272 g/mol. The van der Waals surface area contributed by atoms with Crippen molar-refractivity contribution in [2.45, 2.75) is 25.5 Å². The highest BCUT2D eigenvalue weighted by molar-refractivity contribution is 5.54. The number of benzene rings is 1. The summed E-state index contributed by atoms with van der Waals surface area (Å²) in [5.41, 5.74) is 0.741. The molecule has 106 valence electrons. The van der Waals surface area contributed by atoms with Crippen LogP contribution in [0.4, 0.5) is 14.5 Å². The van der Waals surface area contributed by atoms with E-state index >= 15 is 0 Å². The first-order valence-electron chi connectivity index (χ1n) is 6.29. The monoisotopic (exact) mass is 272 g/mol. The van der Waals surface area contributed by atoms with Gasteiger partial charge in [-0.1, -0.05) is 0 Å². The minimum Gasteiger partial charge on any atom is -0.493 e. The van der Waals surface area contributed by atoms with Crippen LogP contribution < -0.4 is 20.1 Å². The third-order valence-electron chi connectivity index (χ3n) is 3.09. The largest absolute Gasteiger partial charge is 0.493 e. The topological polar surface area (TPSA) is 42.5 Å². The molecule has 19 heavy (non-hydrogen) atoms. The first-order valence-corrected chi connectivity index (χ1v) is 6.29. The Balaban J connectivity index is 1.99. The van der Waals surface area contributed by atoms with Crippen LogP contribution in [0.5, 0.6) is 11.5 Å². The molecular formula is C13H18F2N2O2. The first-order chi connectivity index (χ1) is 9.19. The molecule has 1 saturated heterocycles. The SMILES string of the molecule is COc1ccc(NCC2CCCN2)cc1OC(F)F. The molecule has 2 N–H and O–H groups in total. The van der Waals surface area contributed by atoms with Gasteiger partial charge >= 0.3 is 6.61 Å². The van der Waals surface area contributed by atoms with E-state index in [0.717, 1.165) is 25.2 Å². The molecule has 6 heteroatoms. The van der Waals surface area contributed by atoms with Gasteiger partial charge in [0.25, 0.3) is 0 Å². The molecule has 1 unspecified atom stereocenters. The van der Waals surface area contributed by atoms with E-state index in [1.54, 1.807) is 12.1 Å². The Bertz CT molecular complexity index is 410. The Morgan fingerprint density at radius 1 is 1.42 bits per heavy atom. The van der Waals surface area contributed by atoms with E-state index in [4.69, 9.17) is 4.74 Å². The molecule has 1 fully saturated rings. The fourth-order valence-electron chi connectivity index (χ4n) is 2.15. The predicted octanol–water partition coefficient (Wildman–Crippen LogP) is 2.46. The Morgan fingerprint density at radius 2 is 2.26 bits per heavy atom. The molecule has 1 aromatic rings. The zero-order valence-corrected chi connectivity index (χ0v) is 10.8. The second-order valence-corrected chi connectivity index (χ2v) is 4.42. The normalized spacial score (nSPS) is 18.6. The van der Waals surface area contributed by atoms with Crippen molar-refractivity contribution in [3.05, 3.63) is 18.2 Å². The van der Waals surface area contributed by atoms with Gasteiger partial charge in [-0.3, -0.25) is 0 Å². The smallest absolute Gasteiger partial charge is 0.387 e. The fraction of sp³-hybridized carbons (Fsp3) is 0.538. The predicted molar refractivity (Wildman–Crippen MR) is 69.1 cm³/mol. The summed E-state index contributed by atoms with van der Waals surface area (Å²) in [6, 6.07) is 5.36. The lowest BCUT2D eigenvalue weighted by Gasteiger charge is -2.15.